The molecule has 0 aliphatic heterocycles. The molecule has 0 bridgehead atoms. The maximum absolute atomic E-state index is 13.4. The number of halogens is 3. The summed E-state index contributed by atoms with van der Waals surface area (Å²) in [6.07, 6.45) is 0. The van der Waals surface area contributed by atoms with Gasteiger partial charge < -0.3 is 4.74 Å². The predicted molar refractivity (Wildman–Crippen MR) is 79.9 cm³/mol. The van der Waals surface area contributed by atoms with E-state index >= 15 is 0 Å². The van der Waals surface area contributed by atoms with Crippen molar-refractivity contribution >= 4 is 37.5 Å². The smallest absolute Gasteiger partial charge is 0.311 e. The van der Waals surface area contributed by atoms with Crippen molar-refractivity contribution in [3.63, 3.8) is 0 Å². The summed E-state index contributed by atoms with van der Waals surface area (Å²) >= 11 is 6.26. The normalized spacial score (nSPS) is 10.3. The van der Waals surface area contributed by atoms with Crippen LogP contribution in [0.3, 0.4) is 0 Å². The Morgan fingerprint density at radius 3 is 2.60 bits per heavy atom. The molecule has 0 aliphatic rings. The number of nitro groups is 1. The molecule has 0 amide bonds. The van der Waals surface area contributed by atoms with Gasteiger partial charge in [0.05, 0.1) is 9.40 Å². The van der Waals surface area contributed by atoms with Crippen molar-refractivity contribution in [3.05, 3.63) is 62.4 Å². The lowest BCUT2D eigenvalue weighted by atomic mass is 10.2. The monoisotopic (exact) mass is 403 g/mol. The van der Waals surface area contributed by atoms with Crippen molar-refractivity contribution in [1.29, 1.82) is 0 Å². The predicted octanol–water partition coefficient (Wildman–Crippen LogP) is 5.18. The standard InChI is InChI=1S/C13H8Br2FNO3/c14-7-8-1-4-13(12(5-8)17(18)19)20-9-2-3-10(15)11(16)6-9/h1-6H,7H2. The van der Waals surface area contributed by atoms with Crippen LogP contribution in [0.25, 0.3) is 0 Å². The van der Waals surface area contributed by atoms with Crippen molar-refractivity contribution in [2.45, 2.75) is 5.33 Å². The zero-order valence-corrected chi connectivity index (χ0v) is 13.1. The number of nitrogens with zero attached hydrogens (tertiary/aromatic N) is 1. The van der Waals surface area contributed by atoms with Gasteiger partial charge in [-0.2, -0.15) is 0 Å². The van der Waals surface area contributed by atoms with Gasteiger partial charge in [0, 0.05) is 17.5 Å². The molecule has 2 rings (SSSR count). The highest BCUT2D eigenvalue weighted by Crippen LogP contribution is 2.33. The molecule has 0 unspecified atom stereocenters. The fourth-order valence-corrected chi connectivity index (χ4v) is 2.14. The van der Waals surface area contributed by atoms with Gasteiger partial charge in [0.15, 0.2) is 0 Å². The van der Waals surface area contributed by atoms with Gasteiger partial charge in [-0.15, -0.1) is 0 Å². The van der Waals surface area contributed by atoms with E-state index in [-0.39, 0.29) is 17.2 Å². The number of hydrogen-bond donors (Lipinski definition) is 0. The molecule has 0 saturated carbocycles. The average molecular weight is 405 g/mol. The van der Waals surface area contributed by atoms with Crippen molar-refractivity contribution in [2.75, 3.05) is 0 Å². The third-order valence-electron chi connectivity index (χ3n) is 2.49. The Bertz CT molecular complexity index is 664. The minimum Gasteiger partial charge on any atom is -0.450 e. The number of rotatable bonds is 4. The minimum atomic E-state index is -0.531. The van der Waals surface area contributed by atoms with Crippen LogP contribution < -0.4 is 4.74 Å². The van der Waals surface area contributed by atoms with Crippen LogP contribution in [0.2, 0.25) is 0 Å². The van der Waals surface area contributed by atoms with Gasteiger partial charge in [-0.25, -0.2) is 4.39 Å². The molecule has 0 atom stereocenters. The van der Waals surface area contributed by atoms with Crippen LogP contribution in [0.1, 0.15) is 5.56 Å². The SMILES string of the molecule is O=[N+]([O-])c1cc(CBr)ccc1Oc1ccc(Br)c(F)c1. The molecule has 0 N–H and O–H groups in total. The molecule has 0 spiro atoms. The highest BCUT2D eigenvalue weighted by molar-refractivity contribution is 9.10. The third kappa shape index (κ3) is 3.34. The van der Waals surface area contributed by atoms with Crippen molar-refractivity contribution in [1.82, 2.24) is 0 Å². The maximum Gasteiger partial charge on any atom is 0.311 e. The summed E-state index contributed by atoms with van der Waals surface area (Å²) in [5.74, 6) is -0.232. The van der Waals surface area contributed by atoms with Gasteiger partial charge in [0.2, 0.25) is 5.75 Å². The van der Waals surface area contributed by atoms with E-state index in [2.05, 4.69) is 31.9 Å². The summed E-state index contributed by atoms with van der Waals surface area (Å²) in [5, 5.41) is 11.5. The van der Waals surface area contributed by atoms with Crippen LogP contribution in [0.4, 0.5) is 10.1 Å². The van der Waals surface area contributed by atoms with E-state index < -0.39 is 10.7 Å². The van der Waals surface area contributed by atoms with Gasteiger partial charge in [-0.1, -0.05) is 22.0 Å². The van der Waals surface area contributed by atoms with Crippen molar-refractivity contribution in [3.8, 4) is 11.5 Å². The average Bonchev–Trinajstić information content (AvgIpc) is 2.43. The second-order valence-electron chi connectivity index (χ2n) is 3.87. The zero-order valence-electron chi connectivity index (χ0n) is 9.98. The number of nitro benzene ring substituents is 1. The van der Waals surface area contributed by atoms with Crippen molar-refractivity contribution in [2.24, 2.45) is 0 Å². The largest absolute Gasteiger partial charge is 0.450 e. The topological polar surface area (TPSA) is 52.4 Å². The molecular weight excluding hydrogens is 397 g/mol. The van der Waals surface area contributed by atoms with E-state index in [0.717, 1.165) is 11.6 Å². The van der Waals surface area contributed by atoms with Crippen LogP contribution in [-0.2, 0) is 5.33 Å². The maximum atomic E-state index is 13.4. The van der Waals surface area contributed by atoms with E-state index in [1.807, 2.05) is 0 Å². The lowest BCUT2D eigenvalue weighted by molar-refractivity contribution is -0.385. The van der Waals surface area contributed by atoms with Crippen molar-refractivity contribution < 1.29 is 14.1 Å². The Labute approximate surface area is 131 Å². The Morgan fingerprint density at radius 2 is 2.00 bits per heavy atom. The lowest BCUT2D eigenvalue weighted by Crippen LogP contribution is -1.95. The number of alkyl halides is 1. The summed E-state index contributed by atoms with van der Waals surface area (Å²) in [4.78, 5) is 10.5. The summed E-state index contributed by atoms with van der Waals surface area (Å²) in [6.45, 7) is 0. The molecule has 0 fully saturated rings. The van der Waals surface area contributed by atoms with E-state index in [1.165, 1.54) is 24.3 Å². The van der Waals surface area contributed by atoms with E-state index in [9.17, 15) is 14.5 Å². The fraction of sp³-hybridized carbons (Fsp3) is 0.0769. The molecule has 0 radical (unpaired) electrons. The van der Waals surface area contributed by atoms with Gasteiger partial charge in [0.1, 0.15) is 11.6 Å². The molecular formula is C13H8Br2FNO3. The van der Waals surface area contributed by atoms with Crippen LogP contribution in [0.5, 0.6) is 11.5 Å². The second-order valence-corrected chi connectivity index (χ2v) is 5.29. The van der Waals surface area contributed by atoms with Gasteiger partial charge in [-0.05, 0) is 39.7 Å². The Balaban J connectivity index is 2.37. The fourth-order valence-electron chi connectivity index (χ4n) is 1.54. The van der Waals surface area contributed by atoms with Crippen LogP contribution >= 0.6 is 31.9 Å². The van der Waals surface area contributed by atoms with E-state index in [0.29, 0.717) is 9.80 Å². The van der Waals surface area contributed by atoms with E-state index in [4.69, 9.17) is 4.74 Å². The number of ether oxygens (including phenoxy) is 1. The lowest BCUT2D eigenvalue weighted by Gasteiger charge is -2.07. The van der Waals surface area contributed by atoms with Gasteiger partial charge in [-0.3, -0.25) is 10.1 Å². The molecule has 20 heavy (non-hydrogen) atoms. The summed E-state index contributed by atoms with van der Waals surface area (Å²) < 4.78 is 19.1. The first-order valence-corrected chi connectivity index (χ1v) is 7.39. The third-order valence-corrected chi connectivity index (χ3v) is 3.78. The quantitative estimate of drug-likeness (QED) is 0.400. The molecule has 0 saturated heterocycles. The summed E-state index contributed by atoms with van der Waals surface area (Å²) in [5.41, 5.74) is 0.594. The van der Waals surface area contributed by atoms with Crippen LogP contribution in [0, 0.1) is 15.9 Å². The summed E-state index contributed by atoms with van der Waals surface area (Å²) in [6, 6.07) is 8.77. The molecule has 4 nitrogen and oxygen atoms in total. The number of benzene rings is 2. The summed E-state index contributed by atoms with van der Waals surface area (Å²) in [7, 11) is 0. The molecule has 0 heterocycles. The first-order chi connectivity index (χ1) is 9.51. The first-order valence-electron chi connectivity index (χ1n) is 5.47. The Hall–Kier alpha value is -1.47. The molecule has 0 aliphatic carbocycles. The Morgan fingerprint density at radius 1 is 1.25 bits per heavy atom. The van der Waals surface area contributed by atoms with Crippen LogP contribution in [-0.4, -0.2) is 4.92 Å². The Kier molecular flexibility index (Phi) is 4.72. The zero-order chi connectivity index (χ0) is 14.7. The number of hydrogen-bond acceptors (Lipinski definition) is 3. The highest BCUT2D eigenvalue weighted by Gasteiger charge is 2.17. The minimum absolute atomic E-state index is 0.0708. The second kappa shape index (κ2) is 6.32. The van der Waals surface area contributed by atoms with Gasteiger partial charge >= 0.3 is 5.69 Å². The molecule has 0 aromatic heterocycles. The molecule has 2 aromatic rings. The molecule has 2 aromatic carbocycles. The molecule has 7 heteroatoms. The van der Waals surface area contributed by atoms with Gasteiger partial charge in [0.25, 0.3) is 0 Å². The van der Waals surface area contributed by atoms with E-state index in [1.54, 1.807) is 6.07 Å². The first kappa shape index (κ1) is 14.9. The molecule has 104 valence electrons. The highest BCUT2D eigenvalue weighted by atomic mass is 79.9. The van der Waals surface area contributed by atoms with Crippen LogP contribution in [0.15, 0.2) is 40.9 Å².